The third-order valence-electron chi connectivity index (χ3n) is 5.86. The number of hydrogen-bond donors (Lipinski definition) is 1. The molecule has 1 fully saturated rings. The van der Waals surface area contributed by atoms with Crippen LogP contribution in [0.2, 0.25) is 0 Å². The molecule has 34 heavy (non-hydrogen) atoms. The molecule has 2 amide bonds. The van der Waals surface area contributed by atoms with Crippen LogP contribution in [-0.2, 0) is 16.1 Å². The van der Waals surface area contributed by atoms with Crippen molar-refractivity contribution in [2.75, 3.05) is 26.1 Å². The lowest BCUT2D eigenvalue weighted by molar-refractivity contribution is -0.120. The van der Waals surface area contributed by atoms with Gasteiger partial charge in [0.25, 0.3) is 0 Å². The van der Waals surface area contributed by atoms with Gasteiger partial charge in [-0.2, -0.15) is 0 Å². The van der Waals surface area contributed by atoms with Crippen LogP contribution >= 0.6 is 0 Å². The predicted molar refractivity (Wildman–Crippen MR) is 130 cm³/mol. The third-order valence-corrected chi connectivity index (χ3v) is 5.86. The first-order valence-corrected chi connectivity index (χ1v) is 11.2. The minimum absolute atomic E-state index is 0.179. The minimum atomic E-state index is -0.558. The monoisotopic (exact) mass is 460 g/mol. The minimum Gasteiger partial charge on any atom is -0.496 e. The molecule has 176 valence electrons. The van der Waals surface area contributed by atoms with Gasteiger partial charge >= 0.3 is 6.09 Å². The number of nitrogens with zero attached hydrogens (tertiary/aromatic N) is 1. The number of anilines is 1. The van der Waals surface area contributed by atoms with E-state index < -0.39 is 12.1 Å². The van der Waals surface area contributed by atoms with E-state index in [4.69, 9.17) is 14.2 Å². The normalized spacial score (nSPS) is 15.0. The first-order valence-electron chi connectivity index (χ1n) is 11.2. The van der Waals surface area contributed by atoms with E-state index >= 15 is 0 Å². The Labute approximate surface area is 199 Å². The summed E-state index contributed by atoms with van der Waals surface area (Å²) in [4.78, 5) is 27.1. The Balaban J connectivity index is 1.41. The highest BCUT2D eigenvalue weighted by Gasteiger charge is 2.35. The van der Waals surface area contributed by atoms with Crippen LogP contribution in [0, 0.1) is 0 Å². The molecule has 7 nitrogen and oxygen atoms in total. The van der Waals surface area contributed by atoms with E-state index in [0.717, 1.165) is 23.1 Å². The Hall–Kier alpha value is -4.00. The molecule has 0 aromatic heterocycles. The van der Waals surface area contributed by atoms with E-state index in [2.05, 4.69) is 5.32 Å². The molecule has 1 aliphatic heterocycles. The first kappa shape index (κ1) is 23.2. The molecular weight excluding hydrogens is 432 g/mol. The van der Waals surface area contributed by atoms with E-state index in [1.165, 1.54) is 4.90 Å². The van der Waals surface area contributed by atoms with Gasteiger partial charge in [-0.15, -0.1) is 0 Å². The van der Waals surface area contributed by atoms with Crippen LogP contribution in [0.5, 0.6) is 11.5 Å². The zero-order valence-electron chi connectivity index (χ0n) is 19.3. The van der Waals surface area contributed by atoms with Gasteiger partial charge in [-0.25, -0.2) is 4.79 Å². The summed E-state index contributed by atoms with van der Waals surface area (Å²) in [7, 11) is 3.23. The number of rotatable bonds is 7. The summed E-state index contributed by atoms with van der Waals surface area (Å²) in [5.41, 5.74) is 3.29. The fourth-order valence-corrected chi connectivity index (χ4v) is 4.14. The van der Waals surface area contributed by atoms with Gasteiger partial charge < -0.3 is 19.5 Å². The second-order valence-corrected chi connectivity index (χ2v) is 8.00. The van der Waals surface area contributed by atoms with Gasteiger partial charge in [-0.1, -0.05) is 48.5 Å². The summed E-state index contributed by atoms with van der Waals surface area (Å²) in [5.74, 6) is 1.18. The van der Waals surface area contributed by atoms with Crippen molar-refractivity contribution in [3.63, 3.8) is 0 Å². The first-order chi connectivity index (χ1) is 16.6. The molecule has 1 heterocycles. The summed E-state index contributed by atoms with van der Waals surface area (Å²) >= 11 is 0. The fourth-order valence-electron chi connectivity index (χ4n) is 4.14. The highest BCUT2D eigenvalue weighted by atomic mass is 16.6. The molecule has 1 N–H and O–H groups in total. The number of benzene rings is 3. The standard InChI is InChI=1S/C27H28N2O5/c1-32-23-11-6-12-24(33-2)25(23)20-13-15-21(16-14-20)28-26(30)22-10-7-17-29(22)27(31)34-18-19-8-4-3-5-9-19/h3-6,8-9,11-16,22H,7,10,17-18H2,1-2H3,(H,28,30)/t22-/m0/s1. The lowest BCUT2D eigenvalue weighted by Gasteiger charge is -2.23. The number of hydrogen-bond acceptors (Lipinski definition) is 5. The number of methoxy groups -OCH3 is 2. The Morgan fingerprint density at radius 3 is 2.24 bits per heavy atom. The largest absolute Gasteiger partial charge is 0.496 e. The van der Waals surface area contributed by atoms with Crippen LogP contribution < -0.4 is 14.8 Å². The van der Waals surface area contributed by atoms with Crippen LogP contribution in [0.25, 0.3) is 11.1 Å². The van der Waals surface area contributed by atoms with Crippen LogP contribution in [0.3, 0.4) is 0 Å². The maximum Gasteiger partial charge on any atom is 0.410 e. The maximum absolute atomic E-state index is 13.0. The molecule has 3 aromatic rings. The van der Waals surface area contributed by atoms with Crippen molar-refractivity contribution in [1.29, 1.82) is 0 Å². The highest BCUT2D eigenvalue weighted by Crippen LogP contribution is 2.38. The van der Waals surface area contributed by atoms with E-state index in [1.807, 2.05) is 72.8 Å². The topological polar surface area (TPSA) is 77.1 Å². The van der Waals surface area contributed by atoms with E-state index in [1.54, 1.807) is 14.2 Å². The van der Waals surface area contributed by atoms with Gasteiger partial charge in [-0.05, 0) is 48.2 Å². The quantitative estimate of drug-likeness (QED) is 0.530. The van der Waals surface area contributed by atoms with E-state index in [9.17, 15) is 9.59 Å². The van der Waals surface area contributed by atoms with Gasteiger partial charge in [0.15, 0.2) is 0 Å². The van der Waals surface area contributed by atoms with Crippen molar-refractivity contribution >= 4 is 17.7 Å². The van der Waals surface area contributed by atoms with Crippen LogP contribution in [0.15, 0.2) is 72.8 Å². The van der Waals surface area contributed by atoms with Crippen molar-refractivity contribution in [2.45, 2.75) is 25.5 Å². The Bertz CT molecular complexity index is 1110. The molecular formula is C27H28N2O5. The van der Waals surface area contributed by atoms with Gasteiger partial charge in [0, 0.05) is 12.2 Å². The van der Waals surface area contributed by atoms with Crippen molar-refractivity contribution in [2.24, 2.45) is 0 Å². The number of carbonyl (C=O) groups is 2. The van der Waals surface area contributed by atoms with Gasteiger partial charge in [0.1, 0.15) is 24.1 Å². The SMILES string of the molecule is COc1cccc(OC)c1-c1ccc(NC(=O)[C@@H]2CCCN2C(=O)OCc2ccccc2)cc1. The van der Waals surface area contributed by atoms with Crippen LogP contribution in [-0.4, -0.2) is 43.7 Å². The summed E-state index contributed by atoms with van der Waals surface area (Å²) in [5, 5.41) is 2.93. The molecule has 0 aliphatic carbocycles. The molecule has 0 radical (unpaired) electrons. The van der Waals surface area contributed by atoms with Crippen molar-refractivity contribution in [1.82, 2.24) is 4.90 Å². The van der Waals surface area contributed by atoms with Crippen molar-refractivity contribution in [3.05, 3.63) is 78.4 Å². The van der Waals surface area contributed by atoms with Gasteiger partial charge in [0.05, 0.1) is 19.8 Å². The number of ether oxygens (including phenoxy) is 3. The summed E-state index contributed by atoms with van der Waals surface area (Å²) in [6.07, 6.45) is 0.883. The molecule has 0 unspecified atom stereocenters. The zero-order valence-corrected chi connectivity index (χ0v) is 19.3. The molecule has 0 bridgehead atoms. The highest BCUT2D eigenvalue weighted by molar-refractivity contribution is 5.97. The lowest BCUT2D eigenvalue weighted by Crippen LogP contribution is -2.43. The maximum atomic E-state index is 13.0. The zero-order chi connectivity index (χ0) is 23.9. The predicted octanol–water partition coefficient (Wildman–Crippen LogP) is 5.11. The molecule has 0 spiro atoms. The second kappa shape index (κ2) is 10.7. The molecule has 1 saturated heterocycles. The second-order valence-electron chi connectivity index (χ2n) is 8.00. The van der Waals surface area contributed by atoms with Crippen molar-refractivity contribution in [3.8, 4) is 22.6 Å². The molecule has 0 saturated carbocycles. The lowest BCUT2D eigenvalue weighted by atomic mass is 10.0. The average molecular weight is 461 g/mol. The van der Waals surface area contributed by atoms with Crippen LogP contribution in [0.1, 0.15) is 18.4 Å². The van der Waals surface area contributed by atoms with Gasteiger partial charge in [-0.3, -0.25) is 9.69 Å². The van der Waals surface area contributed by atoms with Crippen LogP contribution in [0.4, 0.5) is 10.5 Å². The smallest absolute Gasteiger partial charge is 0.410 e. The number of nitrogens with one attached hydrogen (secondary N) is 1. The number of carbonyl (C=O) groups excluding carboxylic acids is 2. The Kier molecular flexibility index (Phi) is 7.32. The van der Waals surface area contributed by atoms with Gasteiger partial charge in [0.2, 0.25) is 5.91 Å². The summed E-state index contributed by atoms with van der Waals surface area (Å²) < 4.78 is 16.4. The Morgan fingerprint density at radius 2 is 1.59 bits per heavy atom. The average Bonchev–Trinajstić information content (AvgIpc) is 3.38. The van der Waals surface area contributed by atoms with Crippen molar-refractivity contribution < 1.29 is 23.8 Å². The number of amides is 2. The molecule has 4 rings (SSSR count). The molecule has 1 atom stereocenters. The number of likely N-dealkylation sites (tertiary alicyclic amines) is 1. The molecule has 7 heteroatoms. The molecule has 3 aromatic carbocycles. The summed E-state index contributed by atoms with van der Waals surface area (Å²) in [6.45, 7) is 0.677. The van der Waals surface area contributed by atoms with E-state index in [0.29, 0.717) is 30.2 Å². The van der Waals surface area contributed by atoms with E-state index in [-0.39, 0.29) is 12.5 Å². The fraction of sp³-hybridized carbons (Fsp3) is 0.259. The Morgan fingerprint density at radius 1 is 0.912 bits per heavy atom. The summed E-state index contributed by atoms with van der Waals surface area (Å²) in [6, 6.07) is 22.0. The third kappa shape index (κ3) is 5.14. The molecule has 1 aliphatic rings.